The Morgan fingerprint density at radius 3 is 2.58 bits per heavy atom. The number of hydrogen-bond acceptors (Lipinski definition) is 6. The molecule has 0 aliphatic carbocycles. The quantitative estimate of drug-likeness (QED) is 0.709. The second-order valence-electron chi connectivity index (χ2n) is 6.40. The van der Waals surface area contributed by atoms with Gasteiger partial charge < -0.3 is 4.90 Å². The fraction of sp³-hybridized carbons (Fsp3) is 0.500. The summed E-state index contributed by atoms with van der Waals surface area (Å²) in [5.41, 5.74) is 3.46. The molecule has 24 heavy (non-hydrogen) atoms. The molecule has 1 aliphatic heterocycles. The highest BCUT2D eigenvalue weighted by molar-refractivity contribution is 5.54. The van der Waals surface area contributed by atoms with Crippen molar-refractivity contribution in [2.75, 3.05) is 31.1 Å². The molecule has 0 saturated carbocycles. The molecule has 0 aromatic carbocycles. The number of aromatic nitrogens is 6. The molecule has 1 fully saturated rings. The van der Waals surface area contributed by atoms with Crippen molar-refractivity contribution in [1.29, 1.82) is 0 Å². The zero-order chi connectivity index (χ0) is 16.7. The maximum Gasteiger partial charge on any atom is 0.254 e. The lowest BCUT2D eigenvalue weighted by Gasteiger charge is -2.36. The van der Waals surface area contributed by atoms with Crippen LogP contribution in [0.1, 0.15) is 16.8 Å². The highest BCUT2D eigenvalue weighted by Gasteiger charge is 2.22. The Kier molecular flexibility index (Phi) is 3.68. The molecule has 0 unspecified atom stereocenters. The summed E-state index contributed by atoms with van der Waals surface area (Å²) in [4.78, 5) is 13.6. The Balaban J connectivity index is 1.52. The van der Waals surface area contributed by atoms with Crippen molar-refractivity contribution >= 4 is 11.6 Å². The Labute approximate surface area is 140 Å². The SMILES string of the molecule is Cc1nc2ncnn2c(N2CCN(Cc3cnn(C)c3)CC2)c1C. The van der Waals surface area contributed by atoms with Crippen LogP contribution in [-0.4, -0.2) is 60.4 Å². The number of piperazine rings is 1. The highest BCUT2D eigenvalue weighted by atomic mass is 15.4. The molecule has 8 heteroatoms. The van der Waals surface area contributed by atoms with Crippen LogP contribution in [0.3, 0.4) is 0 Å². The van der Waals surface area contributed by atoms with Crippen molar-refractivity contribution in [3.63, 3.8) is 0 Å². The van der Waals surface area contributed by atoms with Crippen LogP contribution in [0.25, 0.3) is 5.78 Å². The van der Waals surface area contributed by atoms with Gasteiger partial charge in [0.1, 0.15) is 12.1 Å². The first-order valence-electron chi connectivity index (χ1n) is 8.23. The zero-order valence-electron chi connectivity index (χ0n) is 14.3. The van der Waals surface area contributed by atoms with Crippen molar-refractivity contribution in [2.24, 2.45) is 7.05 Å². The number of anilines is 1. The van der Waals surface area contributed by atoms with Crippen LogP contribution in [-0.2, 0) is 13.6 Å². The second-order valence-corrected chi connectivity index (χ2v) is 6.40. The van der Waals surface area contributed by atoms with Crippen molar-refractivity contribution in [2.45, 2.75) is 20.4 Å². The van der Waals surface area contributed by atoms with E-state index in [2.05, 4.69) is 43.1 Å². The maximum atomic E-state index is 4.51. The summed E-state index contributed by atoms with van der Waals surface area (Å²) in [6.45, 7) is 9.08. The fourth-order valence-corrected chi connectivity index (χ4v) is 3.32. The largest absolute Gasteiger partial charge is 0.354 e. The lowest BCUT2D eigenvalue weighted by atomic mass is 10.2. The summed E-state index contributed by atoms with van der Waals surface area (Å²) in [7, 11) is 1.96. The molecular weight excluding hydrogens is 304 g/mol. The van der Waals surface area contributed by atoms with Gasteiger partial charge in [-0.3, -0.25) is 9.58 Å². The molecule has 3 aromatic rings. The maximum absolute atomic E-state index is 4.51. The van der Waals surface area contributed by atoms with Crippen LogP contribution in [0.5, 0.6) is 0 Å². The minimum Gasteiger partial charge on any atom is -0.354 e. The molecule has 3 aromatic heterocycles. The van der Waals surface area contributed by atoms with Crippen LogP contribution in [0, 0.1) is 13.8 Å². The smallest absolute Gasteiger partial charge is 0.254 e. The zero-order valence-corrected chi connectivity index (χ0v) is 14.3. The first-order valence-corrected chi connectivity index (χ1v) is 8.23. The first kappa shape index (κ1) is 15.1. The lowest BCUT2D eigenvalue weighted by molar-refractivity contribution is 0.249. The monoisotopic (exact) mass is 326 g/mol. The van der Waals surface area contributed by atoms with Gasteiger partial charge in [0.05, 0.1) is 6.20 Å². The van der Waals surface area contributed by atoms with Crippen molar-refractivity contribution in [3.05, 3.63) is 35.5 Å². The first-order chi connectivity index (χ1) is 11.6. The number of fused-ring (bicyclic) bond motifs is 1. The fourth-order valence-electron chi connectivity index (χ4n) is 3.32. The lowest BCUT2D eigenvalue weighted by Crippen LogP contribution is -2.46. The van der Waals surface area contributed by atoms with Crippen LogP contribution >= 0.6 is 0 Å². The van der Waals surface area contributed by atoms with E-state index < -0.39 is 0 Å². The normalized spacial score (nSPS) is 16.2. The van der Waals surface area contributed by atoms with Crippen LogP contribution in [0.2, 0.25) is 0 Å². The summed E-state index contributed by atoms with van der Waals surface area (Å²) in [5.74, 6) is 1.79. The summed E-state index contributed by atoms with van der Waals surface area (Å²) in [6, 6.07) is 0. The van der Waals surface area contributed by atoms with Crippen molar-refractivity contribution < 1.29 is 0 Å². The molecule has 126 valence electrons. The van der Waals surface area contributed by atoms with Crippen LogP contribution < -0.4 is 4.90 Å². The third kappa shape index (κ3) is 2.62. The van der Waals surface area contributed by atoms with E-state index >= 15 is 0 Å². The summed E-state index contributed by atoms with van der Waals surface area (Å²) >= 11 is 0. The standard InChI is InChI=1S/C16H22N8/c1-12-13(2)20-16-17-11-19-24(16)15(12)23-6-4-22(5-7-23)10-14-8-18-21(3)9-14/h8-9,11H,4-7,10H2,1-3H3. The molecule has 4 heterocycles. The Morgan fingerprint density at radius 1 is 1.08 bits per heavy atom. The Morgan fingerprint density at radius 2 is 1.88 bits per heavy atom. The van der Waals surface area contributed by atoms with E-state index in [9.17, 15) is 0 Å². The average Bonchev–Trinajstić information content (AvgIpc) is 3.18. The number of nitrogens with zero attached hydrogens (tertiary/aromatic N) is 8. The van der Waals surface area contributed by atoms with E-state index in [0.717, 1.165) is 44.2 Å². The van der Waals surface area contributed by atoms with E-state index in [-0.39, 0.29) is 0 Å². The van der Waals surface area contributed by atoms with E-state index in [1.54, 1.807) is 6.33 Å². The molecule has 0 amide bonds. The van der Waals surface area contributed by atoms with Crippen molar-refractivity contribution in [1.82, 2.24) is 34.3 Å². The average molecular weight is 326 g/mol. The molecule has 0 bridgehead atoms. The van der Waals surface area contributed by atoms with Gasteiger partial charge in [0.25, 0.3) is 5.78 Å². The van der Waals surface area contributed by atoms with Gasteiger partial charge in [-0.1, -0.05) is 0 Å². The van der Waals surface area contributed by atoms with Gasteiger partial charge in [0, 0.05) is 62.8 Å². The van der Waals surface area contributed by atoms with Gasteiger partial charge in [-0.15, -0.1) is 0 Å². The van der Waals surface area contributed by atoms with Crippen LogP contribution in [0.4, 0.5) is 5.82 Å². The number of hydrogen-bond donors (Lipinski definition) is 0. The van der Waals surface area contributed by atoms with Crippen LogP contribution in [0.15, 0.2) is 18.7 Å². The van der Waals surface area contributed by atoms with E-state index in [4.69, 9.17) is 0 Å². The highest BCUT2D eigenvalue weighted by Crippen LogP contribution is 2.23. The third-order valence-corrected chi connectivity index (χ3v) is 4.71. The number of rotatable bonds is 3. The minimum atomic E-state index is 0.672. The van der Waals surface area contributed by atoms with Gasteiger partial charge in [0.2, 0.25) is 0 Å². The summed E-state index contributed by atoms with van der Waals surface area (Å²) in [6.07, 6.45) is 5.60. The van der Waals surface area contributed by atoms with Gasteiger partial charge >= 0.3 is 0 Å². The molecule has 0 radical (unpaired) electrons. The van der Waals surface area contributed by atoms with E-state index in [0.29, 0.717) is 5.78 Å². The minimum absolute atomic E-state index is 0.672. The molecule has 1 saturated heterocycles. The topological polar surface area (TPSA) is 67.4 Å². The molecular formula is C16H22N8. The Bertz CT molecular complexity index is 856. The number of aryl methyl sites for hydroxylation is 2. The predicted molar refractivity (Wildman–Crippen MR) is 91.0 cm³/mol. The van der Waals surface area contributed by atoms with Gasteiger partial charge in [-0.05, 0) is 13.8 Å². The van der Waals surface area contributed by atoms with Gasteiger partial charge in [-0.25, -0.2) is 4.98 Å². The second kappa shape index (κ2) is 5.86. The molecule has 8 nitrogen and oxygen atoms in total. The van der Waals surface area contributed by atoms with E-state index in [1.165, 1.54) is 11.1 Å². The molecule has 0 N–H and O–H groups in total. The molecule has 1 aliphatic rings. The molecule has 4 rings (SSSR count). The van der Waals surface area contributed by atoms with Gasteiger partial charge in [-0.2, -0.15) is 19.7 Å². The third-order valence-electron chi connectivity index (χ3n) is 4.71. The predicted octanol–water partition coefficient (Wildman–Crippen LogP) is 0.797. The Hall–Kier alpha value is -2.48. The van der Waals surface area contributed by atoms with Crippen molar-refractivity contribution in [3.8, 4) is 0 Å². The molecule has 0 spiro atoms. The summed E-state index contributed by atoms with van der Waals surface area (Å²) < 4.78 is 3.72. The molecule has 0 atom stereocenters. The van der Waals surface area contributed by atoms with Gasteiger partial charge in [0.15, 0.2) is 0 Å². The van der Waals surface area contributed by atoms with E-state index in [1.807, 2.05) is 29.4 Å². The summed E-state index contributed by atoms with van der Waals surface area (Å²) in [5, 5.41) is 8.61.